The van der Waals surface area contributed by atoms with Gasteiger partial charge in [-0.25, -0.2) is 4.98 Å². The van der Waals surface area contributed by atoms with E-state index < -0.39 is 0 Å². The van der Waals surface area contributed by atoms with Crippen molar-refractivity contribution in [3.05, 3.63) is 75.8 Å². The predicted molar refractivity (Wildman–Crippen MR) is 111 cm³/mol. The number of fused-ring (bicyclic) bond motifs is 2. The monoisotopic (exact) mass is 392 g/mol. The van der Waals surface area contributed by atoms with Crippen molar-refractivity contribution >= 4 is 16.8 Å². The summed E-state index contributed by atoms with van der Waals surface area (Å²) < 4.78 is 1.76. The lowest BCUT2D eigenvalue weighted by molar-refractivity contribution is 0.0945. The summed E-state index contributed by atoms with van der Waals surface area (Å²) in [6, 6.07) is 15.2. The number of hydrogen-bond donors (Lipinski definition) is 2. The number of carbonyl (C=O) groups excluding carboxylic acids is 1. The highest BCUT2D eigenvalue weighted by Crippen LogP contribution is 2.15. The van der Waals surface area contributed by atoms with Crippen LogP contribution in [0.2, 0.25) is 0 Å². The smallest absolute Gasteiger partial charge is 0.261 e. The SMILES string of the molecule is O=C(NCCO)c1ccc2c(=O)n3c(nc2c1)CCN(Cc1ccccc1)CC3. The van der Waals surface area contributed by atoms with Gasteiger partial charge in [-0.1, -0.05) is 30.3 Å². The summed E-state index contributed by atoms with van der Waals surface area (Å²) >= 11 is 0. The van der Waals surface area contributed by atoms with Gasteiger partial charge >= 0.3 is 0 Å². The third kappa shape index (κ3) is 4.21. The molecule has 0 aliphatic carbocycles. The van der Waals surface area contributed by atoms with Crippen molar-refractivity contribution in [2.24, 2.45) is 0 Å². The van der Waals surface area contributed by atoms with E-state index in [0.29, 0.717) is 29.4 Å². The minimum Gasteiger partial charge on any atom is -0.395 e. The molecule has 29 heavy (non-hydrogen) atoms. The van der Waals surface area contributed by atoms with Crippen molar-refractivity contribution in [1.29, 1.82) is 0 Å². The Hall–Kier alpha value is -3.03. The molecule has 4 rings (SSSR count). The predicted octanol–water partition coefficient (Wildman–Crippen LogP) is 1.18. The third-order valence-electron chi connectivity index (χ3n) is 5.23. The van der Waals surface area contributed by atoms with Gasteiger partial charge in [0.2, 0.25) is 0 Å². The van der Waals surface area contributed by atoms with Gasteiger partial charge in [0.1, 0.15) is 5.82 Å². The lowest BCUT2D eigenvalue weighted by atomic mass is 10.1. The lowest BCUT2D eigenvalue weighted by Crippen LogP contribution is -2.29. The van der Waals surface area contributed by atoms with Crippen LogP contribution in [0, 0.1) is 0 Å². The molecule has 0 saturated heterocycles. The Morgan fingerprint density at radius 3 is 2.72 bits per heavy atom. The molecule has 150 valence electrons. The van der Waals surface area contributed by atoms with Gasteiger partial charge in [0, 0.05) is 44.7 Å². The maximum Gasteiger partial charge on any atom is 0.261 e. The Kier molecular flexibility index (Phi) is 5.69. The number of benzene rings is 2. The minimum absolute atomic E-state index is 0.0612. The number of aliphatic hydroxyl groups excluding tert-OH is 1. The van der Waals surface area contributed by atoms with E-state index in [4.69, 9.17) is 10.1 Å². The molecule has 0 bridgehead atoms. The molecule has 0 saturated carbocycles. The first-order valence-corrected chi connectivity index (χ1v) is 9.84. The lowest BCUT2D eigenvalue weighted by Gasteiger charge is -2.19. The second-order valence-electron chi connectivity index (χ2n) is 7.21. The molecule has 3 aromatic rings. The van der Waals surface area contributed by atoms with Crippen molar-refractivity contribution in [3.8, 4) is 0 Å². The zero-order valence-corrected chi connectivity index (χ0v) is 16.2. The molecule has 7 nitrogen and oxygen atoms in total. The molecule has 0 radical (unpaired) electrons. The van der Waals surface area contributed by atoms with E-state index >= 15 is 0 Å². The van der Waals surface area contributed by atoms with Gasteiger partial charge in [0.25, 0.3) is 11.5 Å². The van der Waals surface area contributed by atoms with Gasteiger partial charge in [-0.05, 0) is 23.8 Å². The molecule has 7 heteroatoms. The van der Waals surface area contributed by atoms with Crippen LogP contribution in [-0.2, 0) is 19.5 Å². The first kappa shape index (κ1) is 19.3. The summed E-state index contributed by atoms with van der Waals surface area (Å²) in [6.45, 7) is 3.13. The first-order chi connectivity index (χ1) is 14.2. The highest BCUT2D eigenvalue weighted by Gasteiger charge is 2.18. The first-order valence-electron chi connectivity index (χ1n) is 9.84. The number of aliphatic hydroxyl groups is 1. The second kappa shape index (κ2) is 8.55. The van der Waals surface area contributed by atoms with Crippen LogP contribution >= 0.6 is 0 Å². The molecule has 2 heterocycles. The summed E-state index contributed by atoms with van der Waals surface area (Å²) in [4.78, 5) is 32.2. The Morgan fingerprint density at radius 1 is 1.10 bits per heavy atom. The summed E-state index contributed by atoms with van der Waals surface area (Å²) in [5, 5.41) is 12.0. The zero-order chi connectivity index (χ0) is 20.2. The van der Waals surface area contributed by atoms with Crippen LogP contribution in [0.1, 0.15) is 21.7 Å². The van der Waals surface area contributed by atoms with E-state index in [1.807, 2.05) is 18.2 Å². The molecule has 2 N–H and O–H groups in total. The van der Waals surface area contributed by atoms with Gasteiger partial charge in [-0.2, -0.15) is 0 Å². The van der Waals surface area contributed by atoms with Crippen LogP contribution in [0.25, 0.3) is 10.9 Å². The maximum absolute atomic E-state index is 13.0. The van der Waals surface area contributed by atoms with E-state index in [0.717, 1.165) is 25.5 Å². The van der Waals surface area contributed by atoms with Crippen molar-refractivity contribution in [2.45, 2.75) is 19.5 Å². The van der Waals surface area contributed by atoms with Gasteiger partial charge < -0.3 is 10.4 Å². The Labute approximate surface area is 168 Å². The molecule has 0 atom stereocenters. The number of amides is 1. The fourth-order valence-corrected chi connectivity index (χ4v) is 3.71. The van der Waals surface area contributed by atoms with Crippen LogP contribution in [0.4, 0.5) is 0 Å². The number of nitrogens with one attached hydrogen (secondary N) is 1. The van der Waals surface area contributed by atoms with E-state index in [2.05, 4.69) is 22.3 Å². The second-order valence-corrected chi connectivity index (χ2v) is 7.21. The quantitative estimate of drug-likeness (QED) is 0.681. The summed E-state index contributed by atoms with van der Waals surface area (Å²) in [6.07, 6.45) is 0.680. The van der Waals surface area contributed by atoms with Crippen LogP contribution in [-0.4, -0.2) is 51.7 Å². The molecule has 0 unspecified atom stereocenters. The van der Waals surface area contributed by atoms with E-state index in [1.54, 1.807) is 22.8 Å². The van der Waals surface area contributed by atoms with Crippen LogP contribution in [0.3, 0.4) is 0 Å². The summed E-state index contributed by atoms with van der Waals surface area (Å²) in [5.41, 5.74) is 2.16. The molecular formula is C22H24N4O3. The fourth-order valence-electron chi connectivity index (χ4n) is 3.71. The van der Waals surface area contributed by atoms with Crippen LogP contribution in [0.5, 0.6) is 0 Å². The molecular weight excluding hydrogens is 368 g/mol. The number of carbonyl (C=O) groups is 1. The Bertz CT molecular complexity index is 1080. The fraction of sp³-hybridized carbons (Fsp3) is 0.318. The summed E-state index contributed by atoms with van der Waals surface area (Å²) in [7, 11) is 0. The highest BCUT2D eigenvalue weighted by molar-refractivity contribution is 5.97. The van der Waals surface area contributed by atoms with Gasteiger partial charge in [-0.3, -0.25) is 19.1 Å². The topological polar surface area (TPSA) is 87.5 Å². The van der Waals surface area contributed by atoms with Crippen LogP contribution in [0.15, 0.2) is 53.3 Å². The molecule has 1 aliphatic heterocycles. The van der Waals surface area contributed by atoms with Gasteiger partial charge in [0.05, 0.1) is 17.5 Å². The number of hydrogen-bond acceptors (Lipinski definition) is 5. The molecule has 1 amide bonds. The van der Waals surface area contributed by atoms with Crippen molar-refractivity contribution in [2.75, 3.05) is 26.2 Å². The molecule has 1 aliphatic rings. The average Bonchev–Trinajstić information content (AvgIpc) is 2.95. The van der Waals surface area contributed by atoms with Gasteiger partial charge in [-0.15, -0.1) is 0 Å². The third-order valence-corrected chi connectivity index (χ3v) is 5.23. The maximum atomic E-state index is 13.0. The molecule has 1 aromatic heterocycles. The van der Waals surface area contributed by atoms with Crippen LogP contribution < -0.4 is 10.9 Å². The standard InChI is InChI=1S/C22H24N4O3/c27-13-9-23-21(28)17-6-7-18-19(14-17)24-20-8-10-25(11-12-26(20)22(18)29)15-16-4-2-1-3-5-16/h1-7,14,27H,8-13,15H2,(H,23,28). The number of aromatic nitrogens is 2. The van der Waals surface area contributed by atoms with Gasteiger partial charge in [0.15, 0.2) is 0 Å². The Balaban J connectivity index is 1.59. The van der Waals surface area contributed by atoms with E-state index in [9.17, 15) is 9.59 Å². The van der Waals surface area contributed by atoms with E-state index in [-0.39, 0.29) is 24.6 Å². The molecule has 0 fully saturated rings. The highest BCUT2D eigenvalue weighted by atomic mass is 16.3. The van der Waals surface area contributed by atoms with Crippen molar-refractivity contribution in [3.63, 3.8) is 0 Å². The van der Waals surface area contributed by atoms with E-state index in [1.165, 1.54) is 5.56 Å². The summed E-state index contributed by atoms with van der Waals surface area (Å²) in [5.74, 6) is 0.470. The largest absolute Gasteiger partial charge is 0.395 e. The van der Waals surface area contributed by atoms with Crippen molar-refractivity contribution in [1.82, 2.24) is 19.8 Å². The zero-order valence-electron chi connectivity index (χ0n) is 16.2. The minimum atomic E-state index is -0.285. The molecule has 0 spiro atoms. The molecule has 2 aromatic carbocycles. The van der Waals surface area contributed by atoms with Crippen molar-refractivity contribution < 1.29 is 9.90 Å². The normalized spacial score (nSPS) is 14.4. The Morgan fingerprint density at radius 2 is 1.93 bits per heavy atom. The average molecular weight is 392 g/mol. The number of nitrogens with zero attached hydrogens (tertiary/aromatic N) is 3. The number of rotatable bonds is 5.